The predicted octanol–water partition coefficient (Wildman–Crippen LogP) is 1.79. The third-order valence-electron chi connectivity index (χ3n) is 4.54. The first-order chi connectivity index (χ1) is 10.3. The van der Waals surface area contributed by atoms with E-state index in [0.29, 0.717) is 5.41 Å². The molecular formula is C15H19N5S. The summed E-state index contributed by atoms with van der Waals surface area (Å²) < 4.78 is 0. The Morgan fingerprint density at radius 3 is 3.00 bits per heavy atom. The molecule has 2 fully saturated rings. The Hall–Kier alpha value is -1.37. The van der Waals surface area contributed by atoms with Gasteiger partial charge in [0.25, 0.3) is 0 Å². The minimum atomic E-state index is 0.529. The lowest BCUT2D eigenvalue weighted by Gasteiger charge is -2.22. The molecule has 2 aromatic rings. The van der Waals surface area contributed by atoms with Crippen LogP contribution >= 0.6 is 11.3 Å². The fourth-order valence-corrected chi connectivity index (χ4v) is 4.18. The molecule has 110 valence electrons. The number of thiazole rings is 1. The first kappa shape index (κ1) is 13.3. The van der Waals surface area contributed by atoms with Gasteiger partial charge in [0.2, 0.25) is 0 Å². The van der Waals surface area contributed by atoms with Crippen molar-refractivity contribution in [2.24, 2.45) is 5.41 Å². The third-order valence-corrected chi connectivity index (χ3v) is 5.43. The molecule has 2 aliphatic heterocycles. The number of aromatic nitrogens is 3. The molecule has 2 aromatic heterocycles. The van der Waals surface area contributed by atoms with Gasteiger partial charge >= 0.3 is 0 Å². The molecule has 4 rings (SSSR count). The van der Waals surface area contributed by atoms with E-state index in [4.69, 9.17) is 4.98 Å². The van der Waals surface area contributed by atoms with Crippen LogP contribution in [0, 0.1) is 5.41 Å². The van der Waals surface area contributed by atoms with Crippen LogP contribution in [-0.2, 0) is 6.54 Å². The normalized spacial score (nSPS) is 25.9. The van der Waals surface area contributed by atoms with Gasteiger partial charge in [-0.2, -0.15) is 0 Å². The fraction of sp³-hybridized carbons (Fsp3) is 0.533. The van der Waals surface area contributed by atoms with E-state index in [0.717, 1.165) is 23.1 Å². The lowest BCUT2D eigenvalue weighted by Crippen LogP contribution is -2.29. The monoisotopic (exact) mass is 301 g/mol. The Balaban J connectivity index is 1.43. The first-order valence-electron chi connectivity index (χ1n) is 7.48. The lowest BCUT2D eigenvalue weighted by atomic mass is 9.87. The summed E-state index contributed by atoms with van der Waals surface area (Å²) in [4.78, 5) is 15.8. The zero-order valence-corrected chi connectivity index (χ0v) is 12.8. The maximum absolute atomic E-state index is 4.70. The quantitative estimate of drug-likeness (QED) is 0.936. The van der Waals surface area contributed by atoms with Gasteiger partial charge in [-0.15, -0.1) is 11.3 Å². The predicted molar refractivity (Wildman–Crippen MR) is 83.0 cm³/mol. The van der Waals surface area contributed by atoms with E-state index in [1.165, 1.54) is 39.0 Å². The summed E-state index contributed by atoms with van der Waals surface area (Å²) in [6, 6.07) is 1.83. The molecule has 0 bridgehead atoms. The van der Waals surface area contributed by atoms with Crippen molar-refractivity contribution in [1.82, 2.24) is 25.2 Å². The van der Waals surface area contributed by atoms with Crippen LogP contribution in [0.2, 0.25) is 0 Å². The van der Waals surface area contributed by atoms with Gasteiger partial charge in [0.15, 0.2) is 10.8 Å². The molecule has 1 N–H and O–H groups in total. The fourth-order valence-electron chi connectivity index (χ4n) is 3.43. The molecule has 4 heterocycles. The number of nitrogens with one attached hydrogen (secondary N) is 1. The molecule has 0 aliphatic carbocycles. The Morgan fingerprint density at radius 2 is 2.19 bits per heavy atom. The van der Waals surface area contributed by atoms with E-state index < -0.39 is 0 Å². The molecule has 1 spiro atoms. The van der Waals surface area contributed by atoms with Gasteiger partial charge in [0.05, 0.1) is 5.69 Å². The van der Waals surface area contributed by atoms with Gasteiger partial charge in [-0.1, -0.05) is 0 Å². The Morgan fingerprint density at radius 1 is 1.29 bits per heavy atom. The van der Waals surface area contributed by atoms with Gasteiger partial charge in [-0.25, -0.2) is 15.0 Å². The number of hydrogen-bond donors (Lipinski definition) is 1. The lowest BCUT2D eigenvalue weighted by molar-refractivity contribution is 0.267. The Labute approximate surface area is 128 Å². The van der Waals surface area contributed by atoms with Crippen LogP contribution in [0.15, 0.2) is 23.8 Å². The zero-order chi connectivity index (χ0) is 14.1. The van der Waals surface area contributed by atoms with Crippen LogP contribution in [0.3, 0.4) is 0 Å². The van der Waals surface area contributed by atoms with Crippen LogP contribution in [0.25, 0.3) is 10.8 Å². The van der Waals surface area contributed by atoms with Crippen molar-refractivity contribution in [3.8, 4) is 10.8 Å². The van der Waals surface area contributed by atoms with Crippen LogP contribution in [0.1, 0.15) is 18.5 Å². The van der Waals surface area contributed by atoms with Gasteiger partial charge in [-0.3, -0.25) is 4.90 Å². The number of hydrogen-bond acceptors (Lipinski definition) is 6. The molecule has 1 unspecified atom stereocenters. The van der Waals surface area contributed by atoms with Gasteiger partial charge < -0.3 is 5.32 Å². The SMILES string of the molecule is c1cnc(-c2nc(CN3CCC4(CCNC4)C3)cs2)nc1. The Kier molecular flexibility index (Phi) is 3.45. The third kappa shape index (κ3) is 2.71. The first-order valence-corrected chi connectivity index (χ1v) is 8.36. The number of likely N-dealkylation sites (tertiary alicyclic amines) is 1. The summed E-state index contributed by atoms with van der Waals surface area (Å²) in [6.45, 7) is 5.71. The van der Waals surface area contributed by atoms with E-state index in [9.17, 15) is 0 Å². The molecule has 0 amide bonds. The summed E-state index contributed by atoms with van der Waals surface area (Å²) in [7, 11) is 0. The molecule has 6 heteroatoms. The molecular weight excluding hydrogens is 282 g/mol. The number of rotatable bonds is 3. The van der Waals surface area contributed by atoms with Gasteiger partial charge in [0, 0.05) is 37.4 Å². The van der Waals surface area contributed by atoms with Crippen LogP contribution in [0.5, 0.6) is 0 Å². The summed E-state index contributed by atoms with van der Waals surface area (Å²) in [6.07, 6.45) is 6.17. The van der Waals surface area contributed by atoms with E-state index in [1.807, 2.05) is 6.07 Å². The number of nitrogens with zero attached hydrogens (tertiary/aromatic N) is 4. The maximum Gasteiger partial charge on any atom is 0.188 e. The molecule has 2 saturated heterocycles. The maximum atomic E-state index is 4.70. The van der Waals surface area contributed by atoms with Crippen molar-refractivity contribution in [3.05, 3.63) is 29.5 Å². The second-order valence-electron chi connectivity index (χ2n) is 6.10. The highest BCUT2D eigenvalue weighted by atomic mass is 32.1. The molecule has 0 saturated carbocycles. The van der Waals surface area contributed by atoms with Crippen molar-refractivity contribution in [1.29, 1.82) is 0 Å². The van der Waals surface area contributed by atoms with Crippen LogP contribution in [0.4, 0.5) is 0 Å². The molecule has 1 atom stereocenters. The molecule has 0 aromatic carbocycles. The smallest absolute Gasteiger partial charge is 0.188 e. The average Bonchev–Trinajstić information content (AvgIpc) is 3.24. The molecule has 2 aliphatic rings. The minimum Gasteiger partial charge on any atom is -0.316 e. The van der Waals surface area contributed by atoms with Crippen molar-refractivity contribution in [2.45, 2.75) is 19.4 Å². The van der Waals surface area contributed by atoms with Crippen molar-refractivity contribution in [2.75, 3.05) is 26.2 Å². The van der Waals surface area contributed by atoms with E-state index in [1.54, 1.807) is 23.7 Å². The van der Waals surface area contributed by atoms with Crippen molar-refractivity contribution in [3.63, 3.8) is 0 Å². The zero-order valence-electron chi connectivity index (χ0n) is 12.0. The standard InChI is InChI=1S/C15H19N5S/c1-4-17-13(18-5-1)14-19-12(9-21-14)8-20-7-3-15(11-20)2-6-16-10-15/h1,4-5,9,16H,2-3,6-8,10-11H2. The minimum absolute atomic E-state index is 0.529. The summed E-state index contributed by atoms with van der Waals surface area (Å²) >= 11 is 1.63. The summed E-state index contributed by atoms with van der Waals surface area (Å²) in [5.41, 5.74) is 1.67. The second kappa shape index (κ2) is 5.44. The van der Waals surface area contributed by atoms with Crippen LogP contribution in [-0.4, -0.2) is 46.0 Å². The van der Waals surface area contributed by atoms with Crippen molar-refractivity contribution >= 4 is 11.3 Å². The highest BCUT2D eigenvalue weighted by molar-refractivity contribution is 7.13. The van der Waals surface area contributed by atoms with Crippen LogP contribution < -0.4 is 5.32 Å². The second-order valence-corrected chi connectivity index (χ2v) is 6.96. The van der Waals surface area contributed by atoms with Gasteiger partial charge in [0.1, 0.15) is 0 Å². The highest BCUT2D eigenvalue weighted by Gasteiger charge is 2.40. The molecule has 21 heavy (non-hydrogen) atoms. The highest BCUT2D eigenvalue weighted by Crippen LogP contribution is 2.36. The largest absolute Gasteiger partial charge is 0.316 e. The molecule has 5 nitrogen and oxygen atoms in total. The average molecular weight is 301 g/mol. The van der Waals surface area contributed by atoms with E-state index in [-0.39, 0.29) is 0 Å². The van der Waals surface area contributed by atoms with Crippen molar-refractivity contribution < 1.29 is 0 Å². The Bertz CT molecular complexity index is 606. The summed E-state index contributed by atoms with van der Waals surface area (Å²) in [5, 5.41) is 6.57. The van der Waals surface area contributed by atoms with Gasteiger partial charge in [-0.05, 0) is 37.4 Å². The summed E-state index contributed by atoms with van der Waals surface area (Å²) in [5.74, 6) is 0.728. The van der Waals surface area contributed by atoms with E-state index in [2.05, 4.69) is 25.6 Å². The molecule has 0 radical (unpaired) electrons. The topological polar surface area (TPSA) is 53.9 Å². The van der Waals surface area contributed by atoms with E-state index >= 15 is 0 Å².